The normalized spacial score (nSPS) is 15.6. The molecule has 0 aliphatic carbocycles. The maximum Gasteiger partial charge on any atom is 0.196 e. The lowest BCUT2D eigenvalue weighted by molar-refractivity contribution is 0.260. The summed E-state index contributed by atoms with van der Waals surface area (Å²) in [5.74, 6) is 0.916. The predicted octanol–water partition coefficient (Wildman–Crippen LogP) is 3.74. The Labute approximate surface area is 158 Å². The Morgan fingerprint density at radius 3 is 2.48 bits per heavy atom. The molecule has 1 aliphatic heterocycles. The summed E-state index contributed by atoms with van der Waals surface area (Å²) >= 11 is 0. The second-order valence-corrected chi connectivity index (χ2v) is 7.04. The lowest BCUT2D eigenvalue weighted by Crippen LogP contribution is -2.47. The van der Waals surface area contributed by atoms with Gasteiger partial charge < -0.3 is 9.32 Å². The first-order valence-corrected chi connectivity index (χ1v) is 9.52. The molecule has 0 atom stereocenters. The van der Waals surface area contributed by atoms with Crippen molar-refractivity contribution in [1.82, 2.24) is 14.9 Å². The van der Waals surface area contributed by atoms with Crippen LogP contribution in [-0.2, 0) is 6.42 Å². The van der Waals surface area contributed by atoms with Gasteiger partial charge in [0.15, 0.2) is 11.4 Å². The van der Waals surface area contributed by atoms with Crippen LogP contribution in [-0.4, -0.2) is 47.6 Å². The molecule has 0 unspecified atom stereocenters. The van der Waals surface area contributed by atoms with Gasteiger partial charge >= 0.3 is 0 Å². The van der Waals surface area contributed by atoms with Crippen molar-refractivity contribution < 1.29 is 4.42 Å². The Balaban J connectivity index is 1.31. The quantitative estimate of drug-likeness (QED) is 0.556. The summed E-state index contributed by atoms with van der Waals surface area (Å²) in [6, 6.07) is 18.8. The van der Waals surface area contributed by atoms with Gasteiger partial charge in [0.1, 0.15) is 17.4 Å². The van der Waals surface area contributed by atoms with Crippen molar-refractivity contribution in [1.29, 1.82) is 0 Å². The molecule has 2 aromatic heterocycles. The lowest BCUT2D eigenvalue weighted by Gasteiger charge is -2.35. The first-order chi connectivity index (χ1) is 13.4. The highest BCUT2D eigenvalue weighted by Gasteiger charge is 2.22. The number of rotatable bonds is 4. The van der Waals surface area contributed by atoms with E-state index in [0.29, 0.717) is 0 Å². The average molecular weight is 358 g/mol. The number of fused-ring (bicyclic) bond motifs is 3. The number of aromatic nitrogens is 2. The van der Waals surface area contributed by atoms with Crippen LogP contribution in [0.4, 0.5) is 5.82 Å². The maximum absolute atomic E-state index is 6.09. The second kappa shape index (κ2) is 7.00. The Morgan fingerprint density at radius 1 is 0.852 bits per heavy atom. The van der Waals surface area contributed by atoms with E-state index in [9.17, 15) is 0 Å². The number of furan rings is 1. The van der Waals surface area contributed by atoms with Gasteiger partial charge in [-0.3, -0.25) is 4.90 Å². The zero-order valence-corrected chi connectivity index (χ0v) is 15.2. The molecular formula is C22H22N4O. The van der Waals surface area contributed by atoms with Crippen LogP contribution in [0, 0.1) is 0 Å². The Morgan fingerprint density at radius 2 is 1.63 bits per heavy atom. The molecule has 0 spiro atoms. The third-order valence-electron chi connectivity index (χ3n) is 5.37. The average Bonchev–Trinajstić information content (AvgIpc) is 3.12. The van der Waals surface area contributed by atoms with Gasteiger partial charge in [0, 0.05) is 38.1 Å². The number of hydrogen-bond donors (Lipinski definition) is 0. The van der Waals surface area contributed by atoms with Gasteiger partial charge in [-0.2, -0.15) is 0 Å². The van der Waals surface area contributed by atoms with Crippen LogP contribution in [0.15, 0.2) is 65.3 Å². The SMILES string of the molecule is c1ccc(CCN2CCN(c3ncnc4c3oc3ccccc34)CC2)cc1. The number of piperazine rings is 1. The van der Waals surface area contributed by atoms with E-state index in [4.69, 9.17) is 4.42 Å². The predicted molar refractivity (Wildman–Crippen MR) is 108 cm³/mol. The topological polar surface area (TPSA) is 45.4 Å². The van der Waals surface area contributed by atoms with Crippen molar-refractivity contribution in [2.45, 2.75) is 6.42 Å². The van der Waals surface area contributed by atoms with E-state index >= 15 is 0 Å². The molecule has 0 radical (unpaired) electrons. The van der Waals surface area contributed by atoms with Crippen molar-refractivity contribution in [2.24, 2.45) is 0 Å². The second-order valence-electron chi connectivity index (χ2n) is 7.04. The molecule has 0 N–H and O–H groups in total. The monoisotopic (exact) mass is 358 g/mol. The summed E-state index contributed by atoms with van der Waals surface area (Å²) in [6.45, 7) is 5.09. The molecule has 0 bridgehead atoms. The van der Waals surface area contributed by atoms with E-state index in [0.717, 1.165) is 67.0 Å². The van der Waals surface area contributed by atoms with Gasteiger partial charge in [0.05, 0.1) is 0 Å². The molecule has 5 rings (SSSR count). The molecule has 2 aromatic carbocycles. The number of anilines is 1. The summed E-state index contributed by atoms with van der Waals surface area (Å²) in [5, 5.41) is 1.05. The minimum absolute atomic E-state index is 0.802. The highest BCUT2D eigenvalue weighted by atomic mass is 16.3. The highest BCUT2D eigenvalue weighted by Crippen LogP contribution is 2.32. The molecule has 1 saturated heterocycles. The smallest absolute Gasteiger partial charge is 0.196 e. The van der Waals surface area contributed by atoms with Crippen molar-refractivity contribution in [2.75, 3.05) is 37.6 Å². The van der Waals surface area contributed by atoms with Crippen LogP contribution < -0.4 is 4.90 Å². The van der Waals surface area contributed by atoms with Crippen molar-refractivity contribution in [3.8, 4) is 0 Å². The molecule has 5 heteroatoms. The largest absolute Gasteiger partial charge is 0.450 e. The summed E-state index contributed by atoms with van der Waals surface area (Å²) in [4.78, 5) is 13.9. The molecule has 4 aromatic rings. The van der Waals surface area contributed by atoms with Gasteiger partial charge in [-0.05, 0) is 24.1 Å². The molecule has 0 saturated carbocycles. The van der Waals surface area contributed by atoms with E-state index in [1.165, 1.54) is 5.56 Å². The molecule has 1 fully saturated rings. The Bertz CT molecular complexity index is 1050. The molecule has 136 valence electrons. The zero-order valence-electron chi connectivity index (χ0n) is 15.2. The van der Waals surface area contributed by atoms with Crippen LogP contribution in [0.1, 0.15) is 5.56 Å². The standard InChI is InChI=1S/C22H22N4O/c1-2-6-17(7-3-1)10-11-25-12-14-26(15-13-25)22-21-20(23-16-24-22)18-8-4-5-9-19(18)27-21/h1-9,16H,10-15H2. The van der Waals surface area contributed by atoms with E-state index in [1.54, 1.807) is 6.33 Å². The van der Waals surface area contributed by atoms with Crippen LogP contribution in [0.25, 0.3) is 22.1 Å². The maximum atomic E-state index is 6.09. The van der Waals surface area contributed by atoms with Gasteiger partial charge in [-0.1, -0.05) is 42.5 Å². The fourth-order valence-electron chi connectivity index (χ4n) is 3.85. The Kier molecular flexibility index (Phi) is 4.22. The first-order valence-electron chi connectivity index (χ1n) is 9.52. The minimum atomic E-state index is 0.802. The summed E-state index contributed by atoms with van der Waals surface area (Å²) < 4.78 is 6.09. The van der Waals surface area contributed by atoms with Crippen molar-refractivity contribution >= 4 is 27.9 Å². The van der Waals surface area contributed by atoms with Gasteiger partial charge in [0.2, 0.25) is 0 Å². The Hall–Kier alpha value is -2.92. The van der Waals surface area contributed by atoms with E-state index in [-0.39, 0.29) is 0 Å². The highest BCUT2D eigenvalue weighted by molar-refractivity contribution is 6.05. The number of benzene rings is 2. The van der Waals surface area contributed by atoms with Crippen LogP contribution in [0.2, 0.25) is 0 Å². The number of para-hydroxylation sites is 1. The fourth-order valence-corrected chi connectivity index (χ4v) is 3.85. The van der Waals surface area contributed by atoms with Crippen LogP contribution in [0.3, 0.4) is 0 Å². The zero-order chi connectivity index (χ0) is 18.1. The first kappa shape index (κ1) is 16.3. The summed E-state index contributed by atoms with van der Waals surface area (Å²) in [7, 11) is 0. The van der Waals surface area contributed by atoms with Crippen LogP contribution >= 0.6 is 0 Å². The summed E-state index contributed by atoms with van der Waals surface area (Å²) in [6.07, 6.45) is 2.75. The third kappa shape index (κ3) is 3.15. The molecule has 1 aliphatic rings. The number of nitrogens with zero attached hydrogens (tertiary/aromatic N) is 4. The summed E-state index contributed by atoms with van der Waals surface area (Å²) in [5.41, 5.74) is 3.98. The van der Waals surface area contributed by atoms with Crippen molar-refractivity contribution in [3.05, 3.63) is 66.5 Å². The number of hydrogen-bond acceptors (Lipinski definition) is 5. The molecule has 3 heterocycles. The molecule has 5 nitrogen and oxygen atoms in total. The fraction of sp³-hybridized carbons (Fsp3) is 0.273. The van der Waals surface area contributed by atoms with E-state index < -0.39 is 0 Å². The lowest BCUT2D eigenvalue weighted by atomic mass is 10.1. The molecular weight excluding hydrogens is 336 g/mol. The van der Waals surface area contributed by atoms with Crippen LogP contribution in [0.5, 0.6) is 0 Å². The van der Waals surface area contributed by atoms with E-state index in [2.05, 4.69) is 56.2 Å². The van der Waals surface area contributed by atoms with Gasteiger partial charge in [-0.15, -0.1) is 0 Å². The third-order valence-corrected chi connectivity index (χ3v) is 5.37. The minimum Gasteiger partial charge on any atom is -0.450 e. The molecule has 27 heavy (non-hydrogen) atoms. The van der Waals surface area contributed by atoms with Crippen molar-refractivity contribution in [3.63, 3.8) is 0 Å². The van der Waals surface area contributed by atoms with E-state index in [1.807, 2.05) is 18.2 Å². The van der Waals surface area contributed by atoms with Gasteiger partial charge in [0.25, 0.3) is 0 Å². The van der Waals surface area contributed by atoms with Gasteiger partial charge in [-0.25, -0.2) is 9.97 Å². The molecule has 0 amide bonds.